The van der Waals surface area contributed by atoms with E-state index in [0.29, 0.717) is 6.54 Å². The Morgan fingerprint density at radius 2 is 1.89 bits per heavy atom. The van der Waals surface area contributed by atoms with Crippen LogP contribution in [0.25, 0.3) is 0 Å². The average molecular weight is 292 g/mol. The van der Waals surface area contributed by atoms with Gasteiger partial charge in [0.1, 0.15) is 6.04 Å². The molecule has 110 valence electrons. The highest BCUT2D eigenvalue weighted by Gasteiger charge is 2.26. The van der Waals surface area contributed by atoms with Crippen molar-refractivity contribution in [2.45, 2.75) is 25.8 Å². The van der Waals surface area contributed by atoms with E-state index in [2.05, 4.69) is 5.32 Å². The molecule has 0 unspecified atom stereocenters. The number of hydrogen-bond donors (Lipinski definition) is 2. The molecule has 1 heterocycles. The summed E-state index contributed by atoms with van der Waals surface area (Å²) >= 11 is 0. The molecule has 0 saturated carbocycles. The maximum absolute atomic E-state index is 11.8. The minimum Gasteiger partial charge on any atom is -0.480 e. The number of nitrogens with one attached hydrogen (secondary N) is 1. The first-order chi connectivity index (χ1) is 8.80. The van der Waals surface area contributed by atoms with Crippen molar-refractivity contribution in [2.75, 3.05) is 31.1 Å². The first-order valence-electron chi connectivity index (χ1n) is 6.23. The van der Waals surface area contributed by atoms with E-state index in [1.165, 1.54) is 0 Å². The Hall–Kier alpha value is -1.15. The van der Waals surface area contributed by atoms with Crippen molar-refractivity contribution in [3.63, 3.8) is 0 Å². The minimum absolute atomic E-state index is 0.0731. The van der Waals surface area contributed by atoms with Crippen molar-refractivity contribution < 1.29 is 23.1 Å². The van der Waals surface area contributed by atoms with Gasteiger partial charge in [0.25, 0.3) is 0 Å². The lowest BCUT2D eigenvalue weighted by Crippen LogP contribution is -2.45. The van der Waals surface area contributed by atoms with Gasteiger partial charge in [0, 0.05) is 13.5 Å². The Kier molecular flexibility index (Phi) is 5.74. The summed E-state index contributed by atoms with van der Waals surface area (Å²) in [6.07, 6.45) is 2.15. The van der Waals surface area contributed by atoms with Gasteiger partial charge >= 0.3 is 5.97 Å². The summed E-state index contributed by atoms with van der Waals surface area (Å²) in [5, 5.41) is 11.0. The maximum Gasteiger partial charge on any atom is 0.327 e. The van der Waals surface area contributed by atoms with Crippen LogP contribution in [0.5, 0.6) is 0 Å². The fourth-order valence-corrected chi connectivity index (χ4v) is 3.47. The van der Waals surface area contributed by atoms with E-state index in [1.54, 1.807) is 0 Å². The van der Waals surface area contributed by atoms with Crippen molar-refractivity contribution in [3.05, 3.63) is 0 Å². The molecule has 1 aliphatic heterocycles. The summed E-state index contributed by atoms with van der Waals surface area (Å²) in [5.41, 5.74) is 0. The van der Waals surface area contributed by atoms with Crippen LogP contribution in [0, 0.1) is 0 Å². The molecule has 1 amide bonds. The molecule has 7 nitrogen and oxygen atoms in total. The van der Waals surface area contributed by atoms with Gasteiger partial charge in [0.15, 0.2) is 9.84 Å². The summed E-state index contributed by atoms with van der Waals surface area (Å²) in [4.78, 5) is 23.8. The Balaban J connectivity index is 2.50. The summed E-state index contributed by atoms with van der Waals surface area (Å²) in [7, 11) is -3.50. The third-order valence-corrected chi connectivity index (χ3v) is 4.66. The van der Waals surface area contributed by atoms with Crippen LogP contribution in [-0.4, -0.2) is 67.5 Å². The average Bonchev–Trinajstić information content (AvgIpc) is 2.77. The number of carbonyl (C=O) groups is 2. The van der Waals surface area contributed by atoms with Gasteiger partial charge in [0.05, 0.1) is 11.5 Å². The molecule has 0 radical (unpaired) electrons. The van der Waals surface area contributed by atoms with Crippen molar-refractivity contribution >= 4 is 21.7 Å². The predicted molar refractivity (Wildman–Crippen MR) is 69.6 cm³/mol. The van der Waals surface area contributed by atoms with Crippen LogP contribution in [0.1, 0.15) is 19.8 Å². The third-order valence-electron chi connectivity index (χ3n) is 3.01. The molecule has 0 aliphatic carbocycles. The number of likely N-dealkylation sites (tertiary alicyclic amines) is 1. The van der Waals surface area contributed by atoms with Crippen LogP contribution < -0.4 is 5.32 Å². The molecule has 0 aromatic carbocycles. The Bertz CT molecular complexity index is 428. The maximum atomic E-state index is 11.8. The second kappa shape index (κ2) is 6.85. The lowest BCUT2D eigenvalue weighted by atomic mass is 10.3. The van der Waals surface area contributed by atoms with Crippen LogP contribution in [0.4, 0.5) is 0 Å². The van der Waals surface area contributed by atoms with Crippen LogP contribution >= 0.6 is 0 Å². The number of carbonyl (C=O) groups excluding carboxylic acids is 1. The fourth-order valence-electron chi connectivity index (χ4n) is 2.03. The number of carboxylic acids is 1. The topological polar surface area (TPSA) is 104 Å². The summed E-state index contributed by atoms with van der Waals surface area (Å²) in [5.74, 6) is -2.52. The summed E-state index contributed by atoms with van der Waals surface area (Å²) in [6, 6.07) is -1.37. The number of sulfone groups is 1. The Morgan fingerprint density at radius 1 is 1.32 bits per heavy atom. The largest absolute Gasteiger partial charge is 0.480 e. The molecule has 8 heteroatoms. The van der Waals surface area contributed by atoms with E-state index < -0.39 is 33.5 Å². The molecule has 0 aromatic heterocycles. The zero-order chi connectivity index (χ0) is 14.5. The van der Waals surface area contributed by atoms with Gasteiger partial charge in [0.2, 0.25) is 5.91 Å². The molecule has 0 spiro atoms. The molecule has 2 N–H and O–H groups in total. The quantitative estimate of drug-likeness (QED) is 0.629. The highest BCUT2D eigenvalue weighted by Crippen LogP contribution is 2.07. The molecule has 1 rings (SSSR count). The van der Waals surface area contributed by atoms with Crippen LogP contribution in [-0.2, 0) is 19.4 Å². The number of hydrogen-bond acceptors (Lipinski definition) is 5. The van der Waals surface area contributed by atoms with Gasteiger partial charge in [-0.2, -0.15) is 0 Å². The number of aliphatic carboxylic acids is 1. The normalized spacial score (nSPS) is 18.2. The zero-order valence-corrected chi connectivity index (χ0v) is 11.8. The van der Waals surface area contributed by atoms with E-state index in [0.717, 1.165) is 32.9 Å². The molecular weight excluding hydrogens is 272 g/mol. The highest BCUT2D eigenvalue weighted by molar-refractivity contribution is 7.91. The van der Waals surface area contributed by atoms with Crippen molar-refractivity contribution in [1.29, 1.82) is 0 Å². The molecule has 1 saturated heterocycles. The van der Waals surface area contributed by atoms with Gasteiger partial charge in [-0.15, -0.1) is 0 Å². The molecule has 1 fully saturated rings. The lowest BCUT2D eigenvalue weighted by molar-refractivity contribution is -0.140. The Morgan fingerprint density at radius 3 is 2.37 bits per heavy atom. The van der Waals surface area contributed by atoms with Crippen LogP contribution in [0.2, 0.25) is 0 Å². The summed E-state index contributed by atoms with van der Waals surface area (Å²) < 4.78 is 23.7. The molecular formula is C11H20N2O5S. The van der Waals surface area contributed by atoms with E-state index in [4.69, 9.17) is 5.11 Å². The standard InChI is InChI=1S/C11H20N2O5S/c1-9(14)12-10(11(15)16)8-19(17,18)7-6-13-4-2-3-5-13/h10H,2-8H2,1H3,(H,12,14)(H,15,16)/t10-/m0/s1. The SMILES string of the molecule is CC(=O)N[C@@H](CS(=O)(=O)CCN1CCCC1)C(=O)O. The van der Waals surface area contributed by atoms with Gasteiger partial charge in [-0.1, -0.05) is 0 Å². The monoisotopic (exact) mass is 292 g/mol. The second-order valence-electron chi connectivity index (χ2n) is 4.75. The highest BCUT2D eigenvalue weighted by atomic mass is 32.2. The zero-order valence-electron chi connectivity index (χ0n) is 11.0. The minimum atomic E-state index is -3.50. The molecule has 1 aliphatic rings. The third kappa shape index (κ3) is 6.02. The van der Waals surface area contributed by atoms with E-state index in [-0.39, 0.29) is 5.75 Å². The summed E-state index contributed by atoms with van der Waals surface area (Å²) in [6.45, 7) is 3.37. The second-order valence-corrected chi connectivity index (χ2v) is 6.98. The molecule has 0 aromatic rings. The van der Waals surface area contributed by atoms with Crippen LogP contribution in [0.15, 0.2) is 0 Å². The lowest BCUT2D eigenvalue weighted by Gasteiger charge is -2.16. The van der Waals surface area contributed by atoms with Gasteiger partial charge in [-0.3, -0.25) is 4.79 Å². The number of amides is 1. The molecule has 19 heavy (non-hydrogen) atoms. The smallest absolute Gasteiger partial charge is 0.327 e. The number of carboxylic acid groups (broad SMARTS) is 1. The van der Waals surface area contributed by atoms with E-state index in [9.17, 15) is 18.0 Å². The number of nitrogens with zero attached hydrogens (tertiary/aromatic N) is 1. The van der Waals surface area contributed by atoms with Gasteiger partial charge in [-0.25, -0.2) is 13.2 Å². The van der Waals surface area contributed by atoms with Crippen molar-refractivity contribution in [1.82, 2.24) is 10.2 Å². The van der Waals surface area contributed by atoms with Crippen LogP contribution in [0.3, 0.4) is 0 Å². The molecule has 1 atom stereocenters. The predicted octanol–water partition coefficient (Wildman–Crippen LogP) is -0.914. The number of rotatable bonds is 7. The first kappa shape index (κ1) is 15.9. The Labute approximate surface area is 112 Å². The van der Waals surface area contributed by atoms with E-state index >= 15 is 0 Å². The van der Waals surface area contributed by atoms with E-state index in [1.807, 2.05) is 4.90 Å². The first-order valence-corrected chi connectivity index (χ1v) is 8.05. The van der Waals surface area contributed by atoms with Gasteiger partial charge in [-0.05, 0) is 25.9 Å². The molecule has 0 bridgehead atoms. The fraction of sp³-hybridized carbons (Fsp3) is 0.818. The van der Waals surface area contributed by atoms with Crippen molar-refractivity contribution in [2.24, 2.45) is 0 Å². The van der Waals surface area contributed by atoms with Gasteiger partial charge < -0.3 is 15.3 Å². The van der Waals surface area contributed by atoms with Crippen molar-refractivity contribution in [3.8, 4) is 0 Å².